The zero-order valence-corrected chi connectivity index (χ0v) is 11.7. The molecule has 0 aliphatic heterocycles. The fraction of sp³-hybridized carbons (Fsp3) is 0.333. The smallest absolute Gasteiger partial charge is 0.140 e. The zero-order chi connectivity index (χ0) is 11.5. The average molecular weight is 300 g/mol. The third kappa shape index (κ3) is 2.24. The number of furan rings is 1. The summed E-state index contributed by atoms with van der Waals surface area (Å²) < 4.78 is 6.52. The summed E-state index contributed by atoms with van der Waals surface area (Å²) in [7, 11) is 1.95. The molecule has 0 saturated carbocycles. The lowest BCUT2D eigenvalue weighted by Gasteiger charge is -2.12. The van der Waals surface area contributed by atoms with Gasteiger partial charge in [0.1, 0.15) is 11.8 Å². The summed E-state index contributed by atoms with van der Waals surface area (Å²) >= 11 is 5.33. The van der Waals surface area contributed by atoms with Crippen LogP contribution in [0.3, 0.4) is 0 Å². The Kier molecular flexibility index (Phi) is 3.84. The van der Waals surface area contributed by atoms with Crippen LogP contribution < -0.4 is 5.32 Å². The lowest BCUT2D eigenvalue weighted by atomic mass is 10.2. The highest BCUT2D eigenvalue weighted by atomic mass is 79.9. The summed E-state index contributed by atoms with van der Waals surface area (Å²) in [6, 6.07) is 6.41. The van der Waals surface area contributed by atoms with Crippen molar-refractivity contribution in [3.8, 4) is 0 Å². The maximum absolute atomic E-state index is 5.51. The summed E-state index contributed by atoms with van der Waals surface area (Å²) in [5.41, 5.74) is 0. The molecule has 0 spiro atoms. The van der Waals surface area contributed by atoms with E-state index in [0.717, 1.165) is 16.7 Å². The fourth-order valence-corrected chi connectivity index (χ4v) is 3.15. The minimum atomic E-state index is 0.134. The SMILES string of the molecule is CCc1ccc(C(NC)c2occc2Br)s1. The Bertz CT molecular complexity index is 463. The van der Waals surface area contributed by atoms with Crippen molar-refractivity contribution in [2.75, 3.05) is 7.05 Å². The quantitative estimate of drug-likeness (QED) is 0.924. The number of rotatable bonds is 4. The van der Waals surface area contributed by atoms with Gasteiger partial charge in [0.15, 0.2) is 0 Å². The van der Waals surface area contributed by atoms with Crippen LogP contribution in [0.4, 0.5) is 0 Å². The van der Waals surface area contributed by atoms with E-state index in [2.05, 4.69) is 40.3 Å². The molecule has 0 amide bonds. The van der Waals surface area contributed by atoms with E-state index >= 15 is 0 Å². The molecule has 0 aromatic carbocycles. The van der Waals surface area contributed by atoms with Crippen LogP contribution in [-0.4, -0.2) is 7.05 Å². The number of aryl methyl sites for hydroxylation is 1. The number of nitrogens with one attached hydrogen (secondary N) is 1. The standard InChI is InChI=1S/C12H14BrNOS/c1-3-8-4-5-10(16-8)11(14-2)12-9(13)6-7-15-12/h4-7,11,14H,3H2,1-2H3. The number of thiophene rings is 1. The first-order valence-corrected chi connectivity index (χ1v) is 6.86. The summed E-state index contributed by atoms with van der Waals surface area (Å²) in [6.07, 6.45) is 2.79. The average Bonchev–Trinajstić information content (AvgIpc) is 2.90. The maximum atomic E-state index is 5.51. The van der Waals surface area contributed by atoms with Crippen LogP contribution in [-0.2, 0) is 6.42 Å². The summed E-state index contributed by atoms with van der Waals surface area (Å²) in [5.74, 6) is 0.937. The Labute approximate surface area is 108 Å². The van der Waals surface area contributed by atoms with Crippen LogP contribution in [0.25, 0.3) is 0 Å². The number of halogens is 1. The predicted molar refractivity (Wildman–Crippen MR) is 71.0 cm³/mol. The van der Waals surface area contributed by atoms with Crippen LogP contribution >= 0.6 is 27.3 Å². The first-order valence-electron chi connectivity index (χ1n) is 5.25. The van der Waals surface area contributed by atoms with Crippen molar-refractivity contribution in [1.82, 2.24) is 5.32 Å². The molecule has 1 unspecified atom stereocenters. The van der Waals surface area contributed by atoms with Gasteiger partial charge in [-0.2, -0.15) is 0 Å². The van der Waals surface area contributed by atoms with Gasteiger partial charge in [0.2, 0.25) is 0 Å². The molecule has 0 aliphatic rings. The summed E-state index contributed by atoms with van der Waals surface area (Å²) in [6.45, 7) is 2.17. The third-order valence-corrected chi connectivity index (χ3v) is 4.46. The fourth-order valence-electron chi connectivity index (χ4n) is 1.65. The van der Waals surface area contributed by atoms with Crippen molar-refractivity contribution >= 4 is 27.3 Å². The lowest BCUT2D eigenvalue weighted by Crippen LogP contribution is -2.16. The minimum Gasteiger partial charge on any atom is -0.466 e. The van der Waals surface area contributed by atoms with E-state index in [0.29, 0.717) is 0 Å². The van der Waals surface area contributed by atoms with Gasteiger partial charge in [-0.05, 0) is 47.6 Å². The van der Waals surface area contributed by atoms with Crippen molar-refractivity contribution in [3.63, 3.8) is 0 Å². The van der Waals surface area contributed by atoms with Crippen LogP contribution in [0.2, 0.25) is 0 Å². The third-order valence-electron chi connectivity index (χ3n) is 2.51. The maximum Gasteiger partial charge on any atom is 0.140 e. The molecular weight excluding hydrogens is 286 g/mol. The molecule has 2 heterocycles. The molecule has 0 fully saturated rings. The second kappa shape index (κ2) is 5.17. The minimum absolute atomic E-state index is 0.134. The molecule has 2 aromatic heterocycles. The number of hydrogen-bond acceptors (Lipinski definition) is 3. The summed E-state index contributed by atoms with van der Waals surface area (Å²) in [4.78, 5) is 2.69. The molecule has 0 aliphatic carbocycles. The van der Waals surface area contributed by atoms with Gasteiger partial charge in [0.05, 0.1) is 10.7 Å². The molecule has 86 valence electrons. The van der Waals surface area contributed by atoms with Gasteiger partial charge in [-0.1, -0.05) is 6.92 Å². The van der Waals surface area contributed by atoms with Crippen LogP contribution in [0.5, 0.6) is 0 Å². The molecular formula is C12H14BrNOS. The largest absolute Gasteiger partial charge is 0.466 e. The second-order valence-electron chi connectivity index (χ2n) is 3.51. The van der Waals surface area contributed by atoms with Crippen LogP contribution in [0, 0.1) is 0 Å². The predicted octanol–water partition coefficient (Wildman–Crippen LogP) is 3.97. The van der Waals surface area contributed by atoms with E-state index in [1.54, 1.807) is 6.26 Å². The van der Waals surface area contributed by atoms with E-state index in [9.17, 15) is 0 Å². The molecule has 1 atom stereocenters. The van der Waals surface area contributed by atoms with Gasteiger partial charge in [-0.15, -0.1) is 11.3 Å². The first-order chi connectivity index (χ1) is 7.76. The highest BCUT2D eigenvalue weighted by molar-refractivity contribution is 9.10. The highest BCUT2D eigenvalue weighted by Crippen LogP contribution is 2.33. The zero-order valence-electron chi connectivity index (χ0n) is 9.29. The number of hydrogen-bond donors (Lipinski definition) is 1. The van der Waals surface area contributed by atoms with E-state index < -0.39 is 0 Å². The highest BCUT2D eigenvalue weighted by Gasteiger charge is 2.19. The first kappa shape index (κ1) is 11.9. The summed E-state index contributed by atoms with van der Waals surface area (Å²) in [5, 5.41) is 3.29. The van der Waals surface area contributed by atoms with Gasteiger partial charge >= 0.3 is 0 Å². The lowest BCUT2D eigenvalue weighted by molar-refractivity contribution is 0.464. The molecule has 16 heavy (non-hydrogen) atoms. The molecule has 0 saturated heterocycles. The Balaban J connectivity index is 2.32. The van der Waals surface area contributed by atoms with Gasteiger partial charge in [0, 0.05) is 9.75 Å². The molecule has 1 N–H and O–H groups in total. The van der Waals surface area contributed by atoms with E-state index in [1.165, 1.54) is 9.75 Å². The van der Waals surface area contributed by atoms with Gasteiger partial charge in [-0.25, -0.2) is 0 Å². The Morgan fingerprint density at radius 2 is 2.25 bits per heavy atom. The Hall–Kier alpha value is -0.580. The Morgan fingerprint density at radius 1 is 1.44 bits per heavy atom. The van der Waals surface area contributed by atoms with Crippen LogP contribution in [0.15, 0.2) is 33.4 Å². The van der Waals surface area contributed by atoms with Gasteiger partial charge < -0.3 is 9.73 Å². The van der Waals surface area contributed by atoms with E-state index in [1.807, 2.05) is 24.5 Å². The molecule has 2 rings (SSSR count). The second-order valence-corrected chi connectivity index (χ2v) is 5.57. The monoisotopic (exact) mass is 299 g/mol. The van der Waals surface area contributed by atoms with Crippen molar-refractivity contribution < 1.29 is 4.42 Å². The molecule has 4 heteroatoms. The van der Waals surface area contributed by atoms with Gasteiger partial charge in [0.25, 0.3) is 0 Å². The van der Waals surface area contributed by atoms with Crippen molar-refractivity contribution in [3.05, 3.63) is 44.4 Å². The molecule has 0 bridgehead atoms. The van der Waals surface area contributed by atoms with Crippen molar-refractivity contribution in [1.29, 1.82) is 0 Å². The molecule has 2 aromatic rings. The van der Waals surface area contributed by atoms with Gasteiger partial charge in [-0.3, -0.25) is 0 Å². The topological polar surface area (TPSA) is 25.2 Å². The van der Waals surface area contributed by atoms with E-state index in [4.69, 9.17) is 4.42 Å². The molecule has 0 radical (unpaired) electrons. The normalized spacial score (nSPS) is 12.9. The molecule has 2 nitrogen and oxygen atoms in total. The van der Waals surface area contributed by atoms with Crippen LogP contribution in [0.1, 0.15) is 28.5 Å². The Morgan fingerprint density at radius 3 is 2.75 bits per heavy atom. The van der Waals surface area contributed by atoms with E-state index in [-0.39, 0.29) is 6.04 Å². The van der Waals surface area contributed by atoms with Crippen molar-refractivity contribution in [2.24, 2.45) is 0 Å². The van der Waals surface area contributed by atoms with Crippen molar-refractivity contribution in [2.45, 2.75) is 19.4 Å².